The Morgan fingerprint density at radius 1 is 0.828 bits per heavy atom. The summed E-state index contributed by atoms with van der Waals surface area (Å²) >= 11 is 0. The van der Waals surface area contributed by atoms with E-state index >= 15 is 0 Å². The van der Waals surface area contributed by atoms with Gasteiger partial charge in [0, 0.05) is 32.2 Å². The number of aryl methyl sites for hydroxylation is 1. The predicted octanol–water partition coefficient (Wildman–Crippen LogP) is 5.27. The van der Waals surface area contributed by atoms with Crippen molar-refractivity contribution in [3.05, 3.63) is 101 Å². The van der Waals surface area contributed by atoms with Crippen molar-refractivity contribution in [3.63, 3.8) is 0 Å². The molecule has 0 spiro atoms. The summed E-state index contributed by atoms with van der Waals surface area (Å²) in [7, 11) is 0. The monoisotopic (exact) mass is 386 g/mol. The molecule has 0 aromatic heterocycles. The van der Waals surface area contributed by atoms with E-state index in [1.165, 1.54) is 11.1 Å². The number of piperidine rings is 1. The number of hydrogen-bond acceptors (Lipinski definition) is 2. The van der Waals surface area contributed by atoms with E-state index in [-0.39, 0.29) is 5.82 Å². The molecule has 5 rings (SSSR count). The van der Waals surface area contributed by atoms with Gasteiger partial charge in [0.2, 0.25) is 0 Å². The average molecular weight is 387 g/mol. The molecular formula is C26H27FN2. The largest absolute Gasteiger partial charge is 0.368 e. The number of hydrogen-bond donors (Lipinski definition) is 0. The molecule has 2 fully saturated rings. The maximum absolute atomic E-state index is 14.4. The Morgan fingerprint density at radius 2 is 1.38 bits per heavy atom. The van der Waals surface area contributed by atoms with Crippen LogP contribution in [0.1, 0.15) is 16.7 Å². The lowest BCUT2D eigenvalue weighted by atomic mass is 10.1. The maximum atomic E-state index is 14.4. The summed E-state index contributed by atoms with van der Waals surface area (Å²) in [5.74, 6) is 1.17. The molecule has 0 bridgehead atoms. The summed E-state index contributed by atoms with van der Waals surface area (Å²) < 4.78 is 14.4. The lowest BCUT2D eigenvalue weighted by Gasteiger charge is -2.29. The van der Waals surface area contributed by atoms with Crippen LogP contribution in [0.25, 0.3) is 0 Å². The number of rotatable bonds is 6. The Balaban J connectivity index is 1.31. The summed E-state index contributed by atoms with van der Waals surface area (Å²) in [4.78, 5) is 4.87. The third-order valence-corrected chi connectivity index (χ3v) is 6.47. The molecule has 1 aliphatic carbocycles. The van der Waals surface area contributed by atoms with E-state index in [4.69, 9.17) is 0 Å². The van der Waals surface area contributed by atoms with Gasteiger partial charge in [-0.15, -0.1) is 0 Å². The minimum absolute atomic E-state index is 0.0896. The lowest BCUT2D eigenvalue weighted by molar-refractivity contribution is 0.222. The van der Waals surface area contributed by atoms with Crippen molar-refractivity contribution in [3.8, 4) is 0 Å². The third-order valence-electron chi connectivity index (χ3n) is 6.47. The Bertz CT molecular complexity index is 919. The zero-order valence-corrected chi connectivity index (χ0v) is 16.8. The van der Waals surface area contributed by atoms with Gasteiger partial charge in [0.15, 0.2) is 0 Å². The fourth-order valence-electron chi connectivity index (χ4n) is 5.00. The van der Waals surface area contributed by atoms with E-state index in [1.807, 2.05) is 19.1 Å². The van der Waals surface area contributed by atoms with Crippen molar-refractivity contribution in [1.29, 1.82) is 0 Å². The second-order valence-corrected chi connectivity index (χ2v) is 8.55. The van der Waals surface area contributed by atoms with E-state index in [0.717, 1.165) is 37.4 Å². The van der Waals surface area contributed by atoms with Crippen LogP contribution in [0.5, 0.6) is 0 Å². The van der Waals surface area contributed by atoms with Gasteiger partial charge in [0.05, 0.1) is 5.69 Å². The topological polar surface area (TPSA) is 6.48 Å². The smallest absolute Gasteiger partial charge is 0.146 e. The van der Waals surface area contributed by atoms with Crippen LogP contribution in [0.3, 0.4) is 0 Å². The molecule has 2 aliphatic rings. The first-order valence-electron chi connectivity index (χ1n) is 10.5. The minimum atomic E-state index is -0.0896. The van der Waals surface area contributed by atoms with Gasteiger partial charge in [-0.3, -0.25) is 4.90 Å². The minimum Gasteiger partial charge on any atom is -0.368 e. The van der Waals surface area contributed by atoms with Crippen molar-refractivity contribution in [2.75, 3.05) is 18.0 Å². The number of benzene rings is 3. The molecular weight excluding hydrogens is 359 g/mol. The van der Waals surface area contributed by atoms with Crippen LogP contribution < -0.4 is 4.90 Å². The summed E-state index contributed by atoms with van der Waals surface area (Å²) in [6.07, 6.45) is 0. The molecule has 1 heterocycles. The van der Waals surface area contributed by atoms with Gasteiger partial charge in [-0.05, 0) is 47.6 Å². The van der Waals surface area contributed by atoms with Crippen LogP contribution in [0.15, 0.2) is 78.9 Å². The standard InChI is InChI=1S/C26H27FN2/c1-19-12-13-25(24(27)14-19)28-17-22-23(18-28)26(22)29(15-20-8-4-2-5-9-20)16-21-10-6-3-7-11-21/h2-14,22-23,26H,15-18H2,1H3/t22-,23?,26?/m0/s1. The normalized spacial score (nSPS) is 22.7. The highest BCUT2D eigenvalue weighted by atomic mass is 19.1. The first kappa shape index (κ1) is 18.4. The summed E-state index contributed by atoms with van der Waals surface area (Å²) in [6.45, 7) is 5.78. The fraction of sp³-hybridized carbons (Fsp3) is 0.308. The predicted molar refractivity (Wildman–Crippen MR) is 116 cm³/mol. The molecule has 1 aliphatic heterocycles. The van der Waals surface area contributed by atoms with Gasteiger partial charge in [-0.25, -0.2) is 4.39 Å². The van der Waals surface area contributed by atoms with E-state index in [2.05, 4.69) is 70.5 Å². The molecule has 3 atom stereocenters. The highest BCUT2D eigenvalue weighted by Crippen LogP contribution is 2.51. The first-order valence-corrected chi connectivity index (χ1v) is 10.5. The number of fused-ring (bicyclic) bond motifs is 1. The molecule has 3 aromatic rings. The number of nitrogens with zero attached hydrogens (tertiary/aromatic N) is 2. The molecule has 29 heavy (non-hydrogen) atoms. The quantitative estimate of drug-likeness (QED) is 0.569. The molecule has 3 heteroatoms. The average Bonchev–Trinajstić information content (AvgIpc) is 3.22. The summed E-state index contributed by atoms with van der Waals surface area (Å²) in [6, 6.07) is 27.6. The zero-order valence-electron chi connectivity index (χ0n) is 16.8. The van der Waals surface area contributed by atoms with E-state index in [1.54, 1.807) is 6.07 Å². The van der Waals surface area contributed by atoms with Crippen LogP contribution in [0.2, 0.25) is 0 Å². The molecule has 148 valence electrons. The van der Waals surface area contributed by atoms with Gasteiger partial charge in [-0.2, -0.15) is 0 Å². The molecule has 1 saturated heterocycles. The van der Waals surface area contributed by atoms with Crippen molar-refractivity contribution >= 4 is 5.69 Å². The Kier molecular flexibility index (Phi) is 4.84. The van der Waals surface area contributed by atoms with Gasteiger partial charge in [-0.1, -0.05) is 66.7 Å². The van der Waals surface area contributed by atoms with Gasteiger partial charge in [0.1, 0.15) is 5.82 Å². The second-order valence-electron chi connectivity index (χ2n) is 8.55. The Hall–Kier alpha value is -2.65. The molecule has 0 N–H and O–H groups in total. The molecule has 0 radical (unpaired) electrons. The van der Waals surface area contributed by atoms with Gasteiger partial charge < -0.3 is 4.90 Å². The Morgan fingerprint density at radius 3 is 1.90 bits per heavy atom. The molecule has 1 saturated carbocycles. The number of anilines is 1. The van der Waals surface area contributed by atoms with Crippen LogP contribution in [-0.2, 0) is 13.1 Å². The number of halogens is 1. The van der Waals surface area contributed by atoms with Crippen LogP contribution in [-0.4, -0.2) is 24.0 Å². The lowest BCUT2D eigenvalue weighted by Crippen LogP contribution is -2.34. The zero-order chi connectivity index (χ0) is 19.8. The van der Waals surface area contributed by atoms with E-state index in [0.29, 0.717) is 17.9 Å². The molecule has 0 amide bonds. The molecule has 2 nitrogen and oxygen atoms in total. The van der Waals surface area contributed by atoms with Gasteiger partial charge in [0.25, 0.3) is 0 Å². The summed E-state index contributed by atoms with van der Waals surface area (Å²) in [5, 5.41) is 0. The first-order chi connectivity index (χ1) is 14.2. The van der Waals surface area contributed by atoms with Crippen LogP contribution in [0.4, 0.5) is 10.1 Å². The summed E-state index contributed by atoms with van der Waals surface area (Å²) in [5.41, 5.74) is 4.45. The highest BCUT2D eigenvalue weighted by Gasteiger charge is 2.58. The van der Waals surface area contributed by atoms with Crippen molar-refractivity contribution in [1.82, 2.24) is 4.90 Å². The van der Waals surface area contributed by atoms with Gasteiger partial charge >= 0.3 is 0 Å². The SMILES string of the molecule is Cc1ccc(N2CC3C(N(Cc4ccccc4)Cc4ccccc4)[C@H]3C2)c(F)c1. The van der Waals surface area contributed by atoms with Crippen molar-refractivity contribution in [2.45, 2.75) is 26.1 Å². The maximum Gasteiger partial charge on any atom is 0.146 e. The third kappa shape index (κ3) is 3.79. The van der Waals surface area contributed by atoms with E-state index < -0.39 is 0 Å². The van der Waals surface area contributed by atoms with Crippen molar-refractivity contribution in [2.24, 2.45) is 11.8 Å². The second kappa shape index (κ2) is 7.64. The molecule has 2 unspecified atom stereocenters. The fourth-order valence-corrected chi connectivity index (χ4v) is 5.00. The highest BCUT2D eigenvalue weighted by molar-refractivity contribution is 5.51. The van der Waals surface area contributed by atoms with E-state index in [9.17, 15) is 4.39 Å². The molecule has 3 aromatic carbocycles. The van der Waals surface area contributed by atoms with Crippen molar-refractivity contribution < 1.29 is 4.39 Å². The Labute approximate surface area is 172 Å². The van der Waals surface area contributed by atoms with Crippen LogP contribution >= 0.6 is 0 Å². The van der Waals surface area contributed by atoms with Crippen LogP contribution in [0, 0.1) is 24.6 Å².